The molecule has 0 radical (unpaired) electrons. The average molecular weight is 441 g/mol. The van der Waals surface area contributed by atoms with Gasteiger partial charge in [0.15, 0.2) is 0 Å². The summed E-state index contributed by atoms with van der Waals surface area (Å²) in [5, 5.41) is 7.68. The SMILES string of the molecule is CC1=NN(CCC(=O)N2CCCC[C@@H]2Cc2c(C(=O)N(C)C)sc3ccccc23)CC1. The summed E-state index contributed by atoms with van der Waals surface area (Å²) in [6, 6.07) is 8.39. The first-order chi connectivity index (χ1) is 14.9. The van der Waals surface area contributed by atoms with Crippen LogP contribution in [-0.4, -0.2) is 72.1 Å². The van der Waals surface area contributed by atoms with Crippen LogP contribution in [0.4, 0.5) is 0 Å². The molecule has 0 aliphatic carbocycles. The largest absolute Gasteiger partial charge is 0.344 e. The Morgan fingerprint density at radius 2 is 2.00 bits per heavy atom. The summed E-state index contributed by atoms with van der Waals surface area (Å²) in [6.07, 6.45) is 5.41. The second kappa shape index (κ2) is 9.39. The molecule has 2 aliphatic rings. The van der Waals surface area contributed by atoms with Gasteiger partial charge in [0.1, 0.15) is 0 Å². The number of rotatable bonds is 6. The van der Waals surface area contributed by atoms with Crippen molar-refractivity contribution in [2.24, 2.45) is 5.10 Å². The van der Waals surface area contributed by atoms with E-state index in [-0.39, 0.29) is 17.9 Å². The number of hydrogen-bond donors (Lipinski definition) is 0. The van der Waals surface area contributed by atoms with Crippen LogP contribution in [0.3, 0.4) is 0 Å². The van der Waals surface area contributed by atoms with Crippen molar-refractivity contribution in [3.63, 3.8) is 0 Å². The molecule has 1 fully saturated rings. The first-order valence-corrected chi connectivity index (χ1v) is 12.1. The van der Waals surface area contributed by atoms with Crippen molar-refractivity contribution in [2.75, 3.05) is 33.7 Å². The van der Waals surface area contributed by atoms with Crippen LogP contribution in [0, 0.1) is 0 Å². The lowest BCUT2D eigenvalue weighted by Gasteiger charge is -2.36. The van der Waals surface area contributed by atoms with Crippen molar-refractivity contribution in [1.82, 2.24) is 14.8 Å². The topological polar surface area (TPSA) is 56.2 Å². The van der Waals surface area contributed by atoms with E-state index in [4.69, 9.17) is 0 Å². The summed E-state index contributed by atoms with van der Waals surface area (Å²) in [4.78, 5) is 30.6. The molecule has 4 rings (SSSR count). The highest BCUT2D eigenvalue weighted by atomic mass is 32.1. The number of benzene rings is 1. The minimum absolute atomic E-state index is 0.0483. The summed E-state index contributed by atoms with van der Waals surface area (Å²) in [5.74, 6) is 0.261. The summed E-state index contributed by atoms with van der Waals surface area (Å²) >= 11 is 1.57. The van der Waals surface area contributed by atoms with E-state index in [2.05, 4.69) is 22.1 Å². The molecule has 1 atom stereocenters. The molecule has 0 unspecified atom stereocenters. The lowest BCUT2D eigenvalue weighted by atomic mass is 9.93. The van der Waals surface area contributed by atoms with Gasteiger partial charge in [0.2, 0.25) is 5.91 Å². The number of amides is 2. The van der Waals surface area contributed by atoms with Gasteiger partial charge in [-0.3, -0.25) is 14.6 Å². The highest BCUT2D eigenvalue weighted by Gasteiger charge is 2.30. The van der Waals surface area contributed by atoms with Crippen molar-refractivity contribution < 1.29 is 9.59 Å². The summed E-state index contributed by atoms with van der Waals surface area (Å²) < 4.78 is 1.14. The van der Waals surface area contributed by atoms with Gasteiger partial charge < -0.3 is 9.80 Å². The molecule has 2 aromatic rings. The maximum Gasteiger partial charge on any atom is 0.263 e. The van der Waals surface area contributed by atoms with Crippen LogP contribution in [-0.2, 0) is 11.2 Å². The van der Waals surface area contributed by atoms with Crippen molar-refractivity contribution in [3.8, 4) is 0 Å². The normalized spacial score (nSPS) is 19.1. The van der Waals surface area contributed by atoms with Gasteiger partial charge in [0.05, 0.1) is 4.88 Å². The smallest absolute Gasteiger partial charge is 0.263 e. The molecule has 1 aromatic heterocycles. The first-order valence-electron chi connectivity index (χ1n) is 11.2. The van der Waals surface area contributed by atoms with Gasteiger partial charge in [-0.05, 0) is 49.6 Å². The number of piperidine rings is 1. The Morgan fingerprint density at radius 3 is 2.74 bits per heavy atom. The van der Waals surface area contributed by atoms with E-state index in [1.54, 1.807) is 30.3 Å². The molecule has 31 heavy (non-hydrogen) atoms. The molecule has 1 saturated heterocycles. The van der Waals surface area contributed by atoms with Crippen molar-refractivity contribution >= 4 is 38.9 Å². The highest BCUT2D eigenvalue weighted by molar-refractivity contribution is 7.21. The minimum Gasteiger partial charge on any atom is -0.344 e. The molecule has 2 aliphatic heterocycles. The van der Waals surface area contributed by atoms with Crippen LogP contribution in [0.15, 0.2) is 29.4 Å². The predicted octanol–water partition coefficient (Wildman–Crippen LogP) is 4.00. The van der Waals surface area contributed by atoms with Crippen LogP contribution in [0.5, 0.6) is 0 Å². The Hall–Kier alpha value is -2.41. The number of carbonyl (C=O) groups is 2. The molecule has 1 aromatic carbocycles. The van der Waals surface area contributed by atoms with Gasteiger partial charge >= 0.3 is 0 Å². The Bertz CT molecular complexity index is 997. The second-order valence-electron chi connectivity index (χ2n) is 8.84. The van der Waals surface area contributed by atoms with Gasteiger partial charge in [0, 0.05) is 63.0 Å². The lowest BCUT2D eigenvalue weighted by Crippen LogP contribution is -2.45. The molecular formula is C24H32N4O2S. The molecule has 0 bridgehead atoms. The first kappa shape index (κ1) is 21.8. The van der Waals surface area contributed by atoms with E-state index in [1.165, 1.54) is 0 Å². The number of thiophene rings is 1. The van der Waals surface area contributed by atoms with Crippen molar-refractivity contribution in [3.05, 3.63) is 34.7 Å². The fraction of sp³-hybridized carbons (Fsp3) is 0.542. The van der Waals surface area contributed by atoms with E-state index < -0.39 is 0 Å². The molecule has 166 valence electrons. The quantitative estimate of drug-likeness (QED) is 0.682. The fourth-order valence-electron chi connectivity index (χ4n) is 4.62. The maximum absolute atomic E-state index is 13.1. The van der Waals surface area contributed by atoms with Gasteiger partial charge in [-0.15, -0.1) is 11.3 Å². The van der Waals surface area contributed by atoms with Gasteiger partial charge in [-0.25, -0.2) is 0 Å². The molecule has 2 amide bonds. The monoisotopic (exact) mass is 440 g/mol. The van der Waals surface area contributed by atoms with E-state index in [1.807, 2.05) is 24.1 Å². The zero-order valence-corrected chi connectivity index (χ0v) is 19.6. The summed E-state index contributed by atoms with van der Waals surface area (Å²) in [6.45, 7) is 4.45. The molecular weight excluding hydrogens is 408 g/mol. The minimum atomic E-state index is 0.0483. The molecule has 0 spiro atoms. The van der Waals surface area contributed by atoms with Gasteiger partial charge in [-0.1, -0.05) is 18.2 Å². The Morgan fingerprint density at radius 1 is 1.19 bits per heavy atom. The number of fused-ring (bicyclic) bond motifs is 1. The van der Waals surface area contributed by atoms with E-state index in [0.29, 0.717) is 13.0 Å². The van der Waals surface area contributed by atoms with Crippen LogP contribution in [0.25, 0.3) is 10.1 Å². The number of hydrogen-bond acceptors (Lipinski definition) is 5. The number of nitrogens with zero attached hydrogens (tertiary/aromatic N) is 4. The van der Waals surface area contributed by atoms with E-state index in [0.717, 1.165) is 71.4 Å². The second-order valence-corrected chi connectivity index (χ2v) is 9.89. The van der Waals surface area contributed by atoms with E-state index in [9.17, 15) is 9.59 Å². The van der Waals surface area contributed by atoms with Gasteiger partial charge in [-0.2, -0.15) is 5.10 Å². The lowest BCUT2D eigenvalue weighted by molar-refractivity contribution is -0.135. The Labute approximate surface area is 188 Å². The predicted molar refractivity (Wildman–Crippen MR) is 127 cm³/mol. The number of likely N-dealkylation sites (tertiary alicyclic amines) is 1. The van der Waals surface area contributed by atoms with Crippen molar-refractivity contribution in [2.45, 2.75) is 51.5 Å². The van der Waals surface area contributed by atoms with Gasteiger partial charge in [0.25, 0.3) is 5.91 Å². The number of carbonyl (C=O) groups excluding carboxylic acids is 2. The Balaban J connectivity index is 1.54. The average Bonchev–Trinajstić information content (AvgIpc) is 3.35. The third-order valence-electron chi connectivity index (χ3n) is 6.31. The molecule has 6 nitrogen and oxygen atoms in total. The van der Waals surface area contributed by atoms with E-state index >= 15 is 0 Å². The zero-order valence-electron chi connectivity index (χ0n) is 18.8. The van der Waals surface area contributed by atoms with Crippen LogP contribution in [0.1, 0.15) is 54.3 Å². The molecule has 3 heterocycles. The van der Waals surface area contributed by atoms with Crippen LogP contribution < -0.4 is 0 Å². The zero-order chi connectivity index (χ0) is 22.0. The Kier molecular flexibility index (Phi) is 6.60. The van der Waals surface area contributed by atoms with Crippen molar-refractivity contribution in [1.29, 1.82) is 0 Å². The highest BCUT2D eigenvalue weighted by Crippen LogP contribution is 2.35. The number of hydrazone groups is 1. The standard InChI is InChI=1S/C24H32N4O2S/c1-17-11-14-27(25-17)15-12-22(29)28-13-7-6-8-18(28)16-20-19-9-4-5-10-21(19)31-23(20)24(30)26(2)3/h4-5,9-10,18H,6-8,11-16H2,1-3H3/t18-/m1/s1. The summed E-state index contributed by atoms with van der Waals surface area (Å²) in [5.41, 5.74) is 2.24. The molecule has 0 saturated carbocycles. The molecule has 7 heteroatoms. The van der Waals surface area contributed by atoms with Crippen LogP contribution in [0.2, 0.25) is 0 Å². The third kappa shape index (κ3) is 4.76. The molecule has 0 N–H and O–H groups in total. The fourth-order valence-corrected chi connectivity index (χ4v) is 5.87. The maximum atomic E-state index is 13.1. The third-order valence-corrected chi connectivity index (χ3v) is 7.51. The van der Waals surface area contributed by atoms with Crippen LogP contribution >= 0.6 is 11.3 Å². The summed E-state index contributed by atoms with van der Waals surface area (Å²) in [7, 11) is 3.60.